The highest BCUT2D eigenvalue weighted by atomic mass is 32.1. The number of nitrogens with zero attached hydrogens (tertiary/aromatic N) is 2. The quantitative estimate of drug-likeness (QED) is 0.803. The van der Waals surface area contributed by atoms with Gasteiger partial charge >= 0.3 is 0 Å². The predicted octanol–water partition coefficient (Wildman–Crippen LogP) is 3.00. The summed E-state index contributed by atoms with van der Waals surface area (Å²) in [5, 5.41) is 5.29. The van der Waals surface area contributed by atoms with Crippen LogP contribution >= 0.6 is 12.2 Å². The van der Waals surface area contributed by atoms with Gasteiger partial charge in [0.25, 0.3) is 5.91 Å². The molecule has 0 aliphatic carbocycles. The van der Waals surface area contributed by atoms with Gasteiger partial charge in [-0.05, 0) is 48.5 Å². The monoisotopic (exact) mass is 344 g/mol. The zero-order valence-corrected chi connectivity index (χ0v) is 13.5. The lowest BCUT2D eigenvalue weighted by atomic mass is 10.2. The summed E-state index contributed by atoms with van der Waals surface area (Å²) in [4.78, 5) is 12.9. The van der Waals surface area contributed by atoms with E-state index in [4.69, 9.17) is 21.7 Å². The van der Waals surface area contributed by atoms with E-state index in [0.717, 1.165) is 5.01 Å². The van der Waals surface area contributed by atoms with Crippen molar-refractivity contribution < 1.29 is 18.7 Å². The SMILES string of the molecule is COc1ccc(C(=O)N2N=C(c3ccc(F)cc3)OCC2=S)cc1. The molecular weight excluding hydrogens is 331 g/mol. The molecule has 1 heterocycles. The summed E-state index contributed by atoms with van der Waals surface area (Å²) >= 11 is 5.16. The van der Waals surface area contributed by atoms with Crippen molar-refractivity contribution in [1.82, 2.24) is 5.01 Å². The Morgan fingerprint density at radius 2 is 1.88 bits per heavy atom. The number of benzene rings is 2. The molecule has 2 aromatic carbocycles. The number of rotatable bonds is 3. The Morgan fingerprint density at radius 1 is 1.21 bits per heavy atom. The van der Waals surface area contributed by atoms with Crippen molar-refractivity contribution in [2.24, 2.45) is 5.10 Å². The minimum Gasteiger partial charge on any atom is -0.497 e. The third-order valence-electron chi connectivity index (χ3n) is 3.38. The maximum atomic E-state index is 13.0. The van der Waals surface area contributed by atoms with Crippen molar-refractivity contribution in [3.8, 4) is 5.75 Å². The first-order valence-electron chi connectivity index (χ1n) is 7.07. The molecule has 0 spiro atoms. The lowest BCUT2D eigenvalue weighted by Crippen LogP contribution is -2.39. The Kier molecular flexibility index (Phi) is 4.52. The minimum atomic E-state index is -0.370. The highest BCUT2D eigenvalue weighted by molar-refractivity contribution is 7.80. The number of methoxy groups -OCH3 is 1. The Balaban J connectivity index is 1.89. The normalized spacial score (nSPS) is 14.0. The van der Waals surface area contributed by atoms with Gasteiger partial charge in [-0.2, -0.15) is 5.01 Å². The average molecular weight is 344 g/mol. The second-order valence-electron chi connectivity index (χ2n) is 4.94. The van der Waals surface area contributed by atoms with Gasteiger partial charge in [0, 0.05) is 11.1 Å². The van der Waals surface area contributed by atoms with E-state index >= 15 is 0 Å². The summed E-state index contributed by atoms with van der Waals surface area (Å²) in [5.41, 5.74) is 0.980. The number of ether oxygens (including phenoxy) is 2. The number of hydrogen-bond acceptors (Lipinski definition) is 5. The van der Waals surface area contributed by atoms with Crippen molar-refractivity contribution in [1.29, 1.82) is 0 Å². The number of thiocarbonyl (C=S) groups is 1. The van der Waals surface area contributed by atoms with E-state index in [2.05, 4.69) is 5.10 Å². The van der Waals surface area contributed by atoms with Gasteiger partial charge in [0.05, 0.1) is 7.11 Å². The fourth-order valence-corrected chi connectivity index (χ4v) is 2.30. The summed E-state index contributed by atoms with van der Waals surface area (Å²) in [6.45, 7) is 0.0490. The molecule has 24 heavy (non-hydrogen) atoms. The van der Waals surface area contributed by atoms with Crippen LogP contribution in [0.3, 0.4) is 0 Å². The van der Waals surface area contributed by atoms with Crippen LogP contribution < -0.4 is 4.74 Å². The van der Waals surface area contributed by atoms with Crippen LogP contribution in [0.5, 0.6) is 5.75 Å². The number of hydrogen-bond donors (Lipinski definition) is 0. The molecule has 0 bridgehead atoms. The lowest BCUT2D eigenvalue weighted by Gasteiger charge is -2.24. The number of amides is 1. The van der Waals surface area contributed by atoms with Gasteiger partial charge < -0.3 is 9.47 Å². The second-order valence-corrected chi connectivity index (χ2v) is 5.41. The molecule has 5 nitrogen and oxygen atoms in total. The van der Waals surface area contributed by atoms with Crippen molar-refractivity contribution in [3.63, 3.8) is 0 Å². The molecule has 7 heteroatoms. The van der Waals surface area contributed by atoms with Gasteiger partial charge in [-0.15, -0.1) is 5.10 Å². The molecule has 122 valence electrons. The molecular formula is C17H13FN2O3S. The number of carbonyl (C=O) groups is 1. The Morgan fingerprint density at radius 3 is 2.50 bits per heavy atom. The molecule has 0 radical (unpaired) electrons. The Hall–Kier alpha value is -2.80. The van der Waals surface area contributed by atoms with E-state index in [0.29, 0.717) is 16.9 Å². The number of halogens is 1. The third kappa shape index (κ3) is 3.26. The molecule has 0 saturated carbocycles. The highest BCUT2D eigenvalue weighted by Crippen LogP contribution is 2.17. The molecule has 1 amide bonds. The molecule has 0 unspecified atom stereocenters. The Labute approximate surface area is 143 Å². The maximum absolute atomic E-state index is 13.0. The summed E-state index contributed by atoms with van der Waals surface area (Å²) in [5.74, 6) is 0.125. The maximum Gasteiger partial charge on any atom is 0.279 e. The van der Waals surface area contributed by atoms with Gasteiger partial charge in [0.1, 0.15) is 23.2 Å². The van der Waals surface area contributed by atoms with Gasteiger partial charge in [0.15, 0.2) is 0 Å². The van der Waals surface area contributed by atoms with Crippen LogP contribution in [0.4, 0.5) is 4.39 Å². The molecule has 0 saturated heterocycles. The molecule has 0 aromatic heterocycles. The largest absolute Gasteiger partial charge is 0.497 e. The van der Waals surface area contributed by atoms with Crippen LogP contribution in [0.15, 0.2) is 53.6 Å². The zero-order chi connectivity index (χ0) is 17.1. The zero-order valence-electron chi connectivity index (χ0n) is 12.7. The molecule has 1 aliphatic heterocycles. The summed E-state index contributed by atoms with van der Waals surface area (Å²) in [6, 6.07) is 12.3. The van der Waals surface area contributed by atoms with Crippen molar-refractivity contribution in [2.45, 2.75) is 0 Å². The number of carbonyl (C=O) groups excluding carboxylic acids is 1. The van der Waals surface area contributed by atoms with Crippen LogP contribution in [0, 0.1) is 5.82 Å². The Bertz CT molecular complexity index is 804. The molecule has 1 aliphatic rings. The first-order valence-corrected chi connectivity index (χ1v) is 7.48. The van der Waals surface area contributed by atoms with Gasteiger partial charge in [0.2, 0.25) is 5.90 Å². The van der Waals surface area contributed by atoms with Crippen molar-refractivity contribution >= 4 is 29.0 Å². The summed E-state index contributed by atoms with van der Waals surface area (Å²) in [6.07, 6.45) is 0. The van der Waals surface area contributed by atoms with Gasteiger partial charge in [-0.1, -0.05) is 12.2 Å². The lowest BCUT2D eigenvalue weighted by molar-refractivity contribution is 0.0833. The van der Waals surface area contributed by atoms with Crippen molar-refractivity contribution in [3.05, 3.63) is 65.5 Å². The van der Waals surface area contributed by atoms with Crippen LogP contribution in [0.2, 0.25) is 0 Å². The first kappa shape index (κ1) is 16.1. The van der Waals surface area contributed by atoms with Gasteiger partial charge in [-0.25, -0.2) is 4.39 Å². The highest BCUT2D eigenvalue weighted by Gasteiger charge is 2.26. The van der Waals surface area contributed by atoms with Crippen molar-refractivity contribution in [2.75, 3.05) is 13.7 Å². The van der Waals surface area contributed by atoms with Gasteiger partial charge in [-0.3, -0.25) is 4.79 Å². The number of hydrazone groups is 1. The standard InChI is InChI=1S/C17H13FN2O3S/c1-22-14-8-4-12(5-9-14)17(21)20-15(24)10-23-16(19-20)11-2-6-13(18)7-3-11/h2-9H,10H2,1H3. The topological polar surface area (TPSA) is 51.1 Å². The second kappa shape index (κ2) is 6.76. The molecule has 0 N–H and O–H groups in total. The van der Waals surface area contributed by atoms with E-state index in [1.807, 2.05) is 0 Å². The van der Waals surface area contributed by atoms with E-state index in [1.54, 1.807) is 31.4 Å². The average Bonchev–Trinajstić information content (AvgIpc) is 2.62. The smallest absolute Gasteiger partial charge is 0.279 e. The minimum absolute atomic E-state index is 0.0490. The summed E-state index contributed by atoms with van der Waals surface area (Å²) in [7, 11) is 1.55. The van der Waals surface area contributed by atoms with E-state index in [-0.39, 0.29) is 29.2 Å². The fourth-order valence-electron chi connectivity index (χ4n) is 2.11. The van der Waals surface area contributed by atoms with Crippen LogP contribution in [0.25, 0.3) is 0 Å². The van der Waals surface area contributed by atoms with E-state index in [9.17, 15) is 9.18 Å². The fraction of sp³-hybridized carbons (Fsp3) is 0.118. The molecule has 0 atom stereocenters. The van der Waals surface area contributed by atoms with Crippen LogP contribution in [-0.4, -0.2) is 35.5 Å². The van der Waals surface area contributed by atoms with E-state index < -0.39 is 0 Å². The molecule has 0 fully saturated rings. The van der Waals surface area contributed by atoms with Crippen LogP contribution in [-0.2, 0) is 4.74 Å². The molecule has 2 aromatic rings. The predicted molar refractivity (Wildman–Crippen MR) is 90.7 cm³/mol. The molecule has 3 rings (SSSR count). The summed E-state index contributed by atoms with van der Waals surface area (Å²) < 4.78 is 23.5. The third-order valence-corrected chi connectivity index (χ3v) is 3.67. The van der Waals surface area contributed by atoms with E-state index in [1.165, 1.54) is 24.3 Å². The van der Waals surface area contributed by atoms with Crippen LogP contribution in [0.1, 0.15) is 15.9 Å². The first-order chi connectivity index (χ1) is 11.6.